The molecule has 0 atom stereocenters. The highest BCUT2D eigenvalue weighted by Crippen LogP contribution is 2.26. The van der Waals surface area contributed by atoms with Gasteiger partial charge in [0.1, 0.15) is 12.4 Å². The number of ether oxygens (including phenoxy) is 3. The Hall–Kier alpha value is -3.26. The van der Waals surface area contributed by atoms with E-state index in [2.05, 4.69) is 15.3 Å². The second-order valence-electron chi connectivity index (χ2n) is 7.57. The van der Waals surface area contributed by atoms with Crippen molar-refractivity contribution in [3.8, 4) is 17.0 Å². The number of nitrogens with one attached hydrogen (secondary N) is 1. The number of hydrogen-bond donors (Lipinski definition) is 1. The lowest BCUT2D eigenvalue weighted by molar-refractivity contribution is 0.138. The van der Waals surface area contributed by atoms with Crippen LogP contribution in [-0.4, -0.2) is 54.2 Å². The standard InChI is InChI=1S/C28H32N4O3/c1-2-13-32(12-1)14-17-35-27-9-8-25-19-24(27)21-34-16-4-3-15-33-20-22-6-5-7-23(18-22)26-10-11-29-28(30-25)31-26/h3-11,18-19H,1-2,12-17,20-21H2,(H,29,30,31)/b4-3+/i1D2,2D2,15D2,16D2,20D2,21D2. The van der Waals surface area contributed by atoms with Crippen LogP contribution >= 0.6 is 0 Å². The second kappa shape index (κ2) is 11.9. The molecule has 0 unspecified atom stereocenters. The summed E-state index contributed by atoms with van der Waals surface area (Å²) >= 11 is 0. The summed E-state index contributed by atoms with van der Waals surface area (Å²) in [7, 11) is 0. The fourth-order valence-electron chi connectivity index (χ4n) is 3.41. The van der Waals surface area contributed by atoms with Gasteiger partial charge in [0.05, 0.1) is 42.9 Å². The maximum absolute atomic E-state index is 8.70. The topological polar surface area (TPSA) is 68.7 Å². The third-order valence-corrected chi connectivity index (χ3v) is 5.11. The maximum Gasteiger partial charge on any atom is 0.227 e. The molecule has 0 saturated carbocycles. The average Bonchev–Trinajstić information content (AvgIpc) is 3.17. The minimum absolute atomic E-state index is 0.0282. The van der Waals surface area contributed by atoms with Crippen LogP contribution in [0.2, 0.25) is 0 Å². The highest BCUT2D eigenvalue weighted by atomic mass is 16.5. The summed E-state index contributed by atoms with van der Waals surface area (Å²) in [5.41, 5.74) is 0.867. The van der Waals surface area contributed by atoms with Gasteiger partial charge in [-0.1, -0.05) is 30.4 Å². The first-order valence-electron chi connectivity index (χ1n) is 17.0. The van der Waals surface area contributed by atoms with Gasteiger partial charge in [-0.25, -0.2) is 9.97 Å². The van der Waals surface area contributed by atoms with Crippen molar-refractivity contribution < 1.29 is 30.7 Å². The normalized spacial score (nSPS) is 31.4. The largest absolute Gasteiger partial charge is 0.492 e. The molecule has 35 heavy (non-hydrogen) atoms. The van der Waals surface area contributed by atoms with Gasteiger partial charge in [-0.2, -0.15) is 0 Å². The molecular weight excluding hydrogens is 440 g/mol. The van der Waals surface area contributed by atoms with Crippen molar-refractivity contribution in [2.24, 2.45) is 0 Å². The van der Waals surface area contributed by atoms with E-state index in [0.29, 0.717) is 23.4 Å². The van der Waals surface area contributed by atoms with Crippen LogP contribution in [0, 0.1) is 0 Å². The first-order chi connectivity index (χ1) is 21.7. The second-order valence-corrected chi connectivity index (χ2v) is 7.57. The first kappa shape index (κ1) is 13.2. The van der Waals surface area contributed by atoms with Gasteiger partial charge in [0, 0.05) is 35.0 Å². The van der Waals surface area contributed by atoms with Crippen LogP contribution < -0.4 is 10.1 Å². The van der Waals surface area contributed by atoms with Gasteiger partial charge in [0.2, 0.25) is 5.95 Å². The Kier molecular flexibility index (Phi) is 4.49. The Morgan fingerprint density at radius 1 is 1.00 bits per heavy atom. The van der Waals surface area contributed by atoms with Gasteiger partial charge in [-0.3, -0.25) is 4.90 Å². The maximum atomic E-state index is 8.70. The molecule has 5 rings (SSSR count). The molecule has 6 bridgehead atoms. The van der Waals surface area contributed by atoms with Crippen LogP contribution in [0.15, 0.2) is 66.9 Å². The van der Waals surface area contributed by atoms with Crippen molar-refractivity contribution in [1.29, 1.82) is 0 Å². The number of hydrogen-bond acceptors (Lipinski definition) is 7. The van der Waals surface area contributed by atoms with Crippen molar-refractivity contribution in [2.45, 2.75) is 25.9 Å². The van der Waals surface area contributed by atoms with Gasteiger partial charge < -0.3 is 19.5 Å². The van der Waals surface area contributed by atoms with E-state index in [0.717, 1.165) is 0 Å². The Balaban J connectivity index is 1.51. The number of anilines is 2. The molecule has 1 saturated heterocycles. The summed E-state index contributed by atoms with van der Waals surface area (Å²) in [5, 5.41) is 2.98. The zero-order valence-electron chi connectivity index (χ0n) is 30.7. The highest BCUT2D eigenvalue weighted by molar-refractivity contribution is 5.63. The van der Waals surface area contributed by atoms with E-state index >= 15 is 0 Å². The van der Waals surface area contributed by atoms with Gasteiger partial charge in [0.25, 0.3) is 0 Å². The fraction of sp³-hybridized carbons (Fsp3) is 0.357. The first-order valence-corrected chi connectivity index (χ1v) is 11.0. The molecule has 7 heteroatoms. The molecule has 0 radical (unpaired) electrons. The van der Waals surface area contributed by atoms with E-state index < -0.39 is 39.0 Å². The number of benzene rings is 2. The number of likely N-dealkylation sites (tertiary alicyclic amines) is 1. The predicted octanol–water partition coefficient (Wildman–Crippen LogP) is 4.96. The van der Waals surface area contributed by atoms with Crippen molar-refractivity contribution >= 4 is 11.6 Å². The minimum Gasteiger partial charge on any atom is -0.492 e. The number of rotatable bonds is 4. The zero-order chi connectivity index (χ0) is 34.5. The molecule has 3 aromatic rings. The molecule has 2 aliphatic rings. The third-order valence-electron chi connectivity index (χ3n) is 5.11. The van der Waals surface area contributed by atoms with E-state index in [4.69, 9.17) is 30.7 Å². The smallest absolute Gasteiger partial charge is 0.227 e. The van der Waals surface area contributed by atoms with Crippen LogP contribution in [0.3, 0.4) is 0 Å². The molecule has 3 heterocycles. The summed E-state index contributed by atoms with van der Waals surface area (Å²) in [6, 6.07) is 12.0. The minimum atomic E-state index is -2.93. The molecule has 0 spiro atoms. The van der Waals surface area contributed by atoms with Gasteiger partial charge in [-0.15, -0.1) is 0 Å². The van der Waals surface area contributed by atoms with Gasteiger partial charge in [0.15, 0.2) is 0 Å². The molecule has 182 valence electrons. The summed E-state index contributed by atoms with van der Waals surface area (Å²) < 4.78 is 115. The molecule has 2 aromatic carbocycles. The van der Waals surface area contributed by atoms with E-state index in [1.54, 1.807) is 29.2 Å². The zero-order valence-corrected chi connectivity index (χ0v) is 18.7. The molecule has 1 aromatic heterocycles. The van der Waals surface area contributed by atoms with E-state index in [1.165, 1.54) is 30.5 Å². The average molecular weight is 485 g/mol. The number of aromatic nitrogens is 2. The summed E-state index contributed by atoms with van der Waals surface area (Å²) in [4.78, 5) is 10.3. The number of fused-ring (bicyclic) bond motifs is 7. The van der Waals surface area contributed by atoms with Crippen molar-refractivity contribution in [1.82, 2.24) is 14.9 Å². The summed E-state index contributed by atoms with van der Waals surface area (Å²) in [6.07, 6.45) is -1.45. The molecule has 1 fully saturated rings. The highest BCUT2D eigenvalue weighted by Gasteiger charge is 2.13. The quantitative estimate of drug-likeness (QED) is 0.525. The fourth-order valence-corrected chi connectivity index (χ4v) is 3.41. The lowest BCUT2D eigenvalue weighted by Crippen LogP contribution is -2.25. The molecule has 1 N–H and O–H groups in total. The number of nitrogens with zero attached hydrogens (tertiary/aromatic N) is 3. The summed E-state index contributed by atoms with van der Waals surface area (Å²) in [5.74, 6) is 0.0554. The van der Waals surface area contributed by atoms with Crippen molar-refractivity contribution in [3.05, 3.63) is 78.0 Å². The van der Waals surface area contributed by atoms with E-state index in [-0.39, 0.29) is 54.8 Å². The molecule has 0 aliphatic carbocycles. The van der Waals surface area contributed by atoms with Crippen LogP contribution in [0.5, 0.6) is 5.75 Å². The summed E-state index contributed by atoms with van der Waals surface area (Å²) in [6.45, 7) is -11.6. The van der Waals surface area contributed by atoms with Crippen LogP contribution in [0.25, 0.3) is 11.3 Å². The van der Waals surface area contributed by atoms with Gasteiger partial charge >= 0.3 is 0 Å². The van der Waals surface area contributed by atoms with Crippen molar-refractivity contribution in [3.63, 3.8) is 0 Å². The molecule has 2 aliphatic heterocycles. The lowest BCUT2D eigenvalue weighted by Gasteiger charge is -2.17. The van der Waals surface area contributed by atoms with E-state index in [1.807, 2.05) is 0 Å². The Labute approximate surface area is 223 Å². The van der Waals surface area contributed by atoms with Crippen LogP contribution in [0.4, 0.5) is 11.6 Å². The molecule has 7 nitrogen and oxygen atoms in total. The Morgan fingerprint density at radius 3 is 2.74 bits per heavy atom. The van der Waals surface area contributed by atoms with Gasteiger partial charge in [-0.05, 0) is 61.7 Å². The predicted molar refractivity (Wildman–Crippen MR) is 137 cm³/mol. The lowest BCUT2D eigenvalue weighted by atomic mass is 10.1. The van der Waals surface area contributed by atoms with Crippen LogP contribution in [0.1, 0.15) is 40.3 Å². The Morgan fingerprint density at radius 2 is 1.86 bits per heavy atom. The molecule has 0 amide bonds. The van der Waals surface area contributed by atoms with Crippen LogP contribution in [-0.2, 0) is 22.6 Å². The SMILES string of the molecule is [2H]C1([2H])/C=C/C([2H])([2H])OC([2H])([2H])c2cc(ccc2OCCN2CC([2H])([2H])C([2H])([2H])C2)Nc2nccc(n2)-c2cccc(c2)C([2H])([2H])O1. The third kappa shape index (κ3) is 6.66. The Bertz CT molecular complexity index is 1640. The van der Waals surface area contributed by atoms with E-state index in [9.17, 15) is 0 Å². The van der Waals surface area contributed by atoms with Crippen molar-refractivity contribution in [2.75, 3.05) is 44.7 Å². The monoisotopic (exact) mass is 484 g/mol. The molecular formula is C28H32N4O3.